The van der Waals surface area contributed by atoms with Crippen LogP contribution >= 0.6 is 0 Å². The highest BCUT2D eigenvalue weighted by molar-refractivity contribution is 7.89. The number of carbonyl (C=O) groups is 3. The van der Waals surface area contributed by atoms with Gasteiger partial charge < -0.3 is 31.0 Å². The van der Waals surface area contributed by atoms with Crippen LogP contribution in [0.2, 0.25) is 0 Å². The highest BCUT2D eigenvalue weighted by Crippen LogP contribution is 2.29. The number of fused-ring (bicyclic) bond motifs is 1. The summed E-state index contributed by atoms with van der Waals surface area (Å²) in [5.74, 6) is -0.792. The average Bonchev–Trinajstić information content (AvgIpc) is 3.42. The number of benzene rings is 3. The molecule has 1 fully saturated rings. The van der Waals surface area contributed by atoms with Crippen LogP contribution in [0.3, 0.4) is 0 Å². The van der Waals surface area contributed by atoms with E-state index in [0.717, 1.165) is 22.3 Å². The number of anilines is 1. The number of hydrogen-bond acceptors (Lipinski definition) is 6. The van der Waals surface area contributed by atoms with E-state index in [9.17, 15) is 27.6 Å². The van der Waals surface area contributed by atoms with Gasteiger partial charge >= 0.3 is 11.8 Å². The summed E-state index contributed by atoms with van der Waals surface area (Å²) in [6, 6.07) is 16.4. The molecule has 13 nitrogen and oxygen atoms in total. The molecule has 1 heterocycles. The Morgan fingerprint density at radius 2 is 1.61 bits per heavy atom. The van der Waals surface area contributed by atoms with Gasteiger partial charge in [0.2, 0.25) is 21.8 Å². The molecule has 7 N–H and O–H groups in total. The van der Waals surface area contributed by atoms with Gasteiger partial charge in [-0.2, -0.15) is 0 Å². The van der Waals surface area contributed by atoms with Crippen LogP contribution in [0.15, 0.2) is 70.4 Å². The summed E-state index contributed by atoms with van der Waals surface area (Å²) in [6.45, 7) is 5.73. The fourth-order valence-corrected chi connectivity index (χ4v) is 7.60. The molecular formula is C35H42N6O7S. The summed E-state index contributed by atoms with van der Waals surface area (Å²) in [4.78, 5) is 55.2. The number of carboxylic acid groups (broad SMARTS) is 1. The third kappa shape index (κ3) is 9.15. The van der Waals surface area contributed by atoms with E-state index in [1.54, 1.807) is 50.2 Å². The zero-order chi connectivity index (χ0) is 35.3. The zero-order valence-corrected chi connectivity index (χ0v) is 28.4. The van der Waals surface area contributed by atoms with Gasteiger partial charge in [-0.1, -0.05) is 30.3 Å². The maximum absolute atomic E-state index is 13.7. The van der Waals surface area contributed by atoms with Crippen molar-refractivity contribution in [1.82, 2.24) is 25.3 Å². The fraction of sp³-hybridized carbons (Fsp3) is 0.371. The van der Waals surface area contributed by atoms with Gasteiger partial charge in [-0.15, -0.1) is 0 Å². The second-order valence-corrected chi connectivity index (χ2v) is 14.7. The monoisotopic (exact) mass is 690 g/mol. The van der Waals surface area contributed by atoms with Crippen molar-refractivity contribution < 1.29 is 27.9 Å². The lowest BCUT2D eigenvalue weighted by Crippen LogP contribution is -2.48. The van der Waals surface area contributed by atoms with Crippen LogP contribution in [0.5, 0.6) is 0 Å². The van der Waals surface area contributed by atoms with Crippen molar-refractivity contribution in [3.05, 3.63) is 82.3 Å². The Morgan fingerprint density at radius 1 is 0.918 bits per heavy atom. The van der Waals surface area contributed by atoms with Crippen molar-refractivity contribution in [1.29, 1.82) is 0 Å². The van der Waals surface area contributed by atoms with E-state index in [0.29, 0.717) is 48.9 Å². The summed E-state index contributed by atoms with van der Waals surface area (Å²) in [5, 5.41) is 17.2. The molecule has 1 aliphatic carbocycles. The molecule has 3 amide bonds. The van der Waals surface area contributed by atoms with Gasteiger partial charge in [0.05, 0.1) is 15.9 Å². The number of carbonyl (C=O) groups excluding carboxylic acids is 2. The minimum atomic E-state index is -3.63. The second-order valence-electron chi connectivity index (χ2n) is 12.9. The highest BCUT2D eigenvalue weighted by Gasteiger charge is 2.30. The van der Waals surface area contributed by atoms with Crippen LogP contribution in [0.25, 0.3) is 22.2 Å². The number of rotatable bonds is 12. The first kappa shape index (κ1) is 35.4. The van der Waals surface area contributed by atoms with E-state index < -0.39 is 28.1 Å². The Labute approximate surface area is 284 Å². The molecule has 5 rings (SSSR count). The zero-order valence-electron chi connectivity index (χ0n) is 27.6. The molecule has 1 atom stereocenters. The highest BCUT2D eigenvalue weighted by atomic mass is 32.2. The molecule has 0 radical (unpaired) electrons. The Bertz CT molecular complexity index is 1990. The first-order valence-corrected chi connectivity index (χ1v) is 17.8. The number of aromatic amines is 2. The van der Waals surface area contributed by atoms with Gasteiger partial charge in [-0.25, -0.2) is 22.7 Å². The minimum absolute atomic E-state index is 0.161. The number of aromatic nitrogens is 2. The van der Waals surface area contributed by atoms with Gasteiger partial charge in [0.1, 0.15) is 6.04 Å². The molecule has 1 aliphatic rings. The SMILES string of the molecule is Cc1cc(S(=O)(=O)NC(C)C)ccc1-c1ccc(C[C@H](NC(=O)C2CCC(CNC(=O)O)CC2)C(=O)Nc2ccc3[nH]c(=O)[nH]c3c2)cc1. The van der Waals surface area contributed by atoms with Crippen molar-refractivity contribution in [2.75, 3.05) is 11.9 Å². The second kappa shape index (κ2) is 15.1. The number of hydrogen-bond donors (Lipinski definition) is 7. The van der Waals surface area contributed by atoms with Gasteiger partial charge in [0.15, 0.2) is 0 Å². The smallest absolute Gasteiger partial charge is 0.404 e. The molecule has 0 saturated heterocycles. The van der Waals surface area contributed by atoms with Gasteiger partial charge in [-0.05, 0) is 105 Å². The average molecular weight is 691 g/mol. The Kier molecular flexibility index (Phi) is 10.9. The van der Waals surface area contributed by atoms with Crippen LogP contribution < -0.4 is 26.4 Å². The summed E-state index contributed by atoms with van der Waals surface area (Å²) in [6.07, 6.45) is 1.71. The standard InChI is InChI=1S/C35H42N6O7S/c1-20(2)41-49(47,48)27-13-14-28(21(3)16-27)24-8-4-22(5-9-24)17-31(33(43)37-26-12-15-29-30(18-26)40-34(44)39-29)38-32(42)25-10-6-23(7-11-25)19-36-35(45)46/h4-5,8-9,12-16,18,20,23,25,31,36,41H,6-7,10-11,17,19H2,1-3H3,(H,37,43)(H,38,42)(H,45,46)(H2,39,40,44)/t23?,25?,31-/m0/s1. The minimum Gasteiger partial charge on any atom is -0.465 e. The van der Waals surface area contributed by atoms with Crippen LogP contribution in [0.4, 0.5) is 10.5 Å². The van der Waals surface area contributed by atoms with Crippen molar-refractivity contribution in [3.8, 4) is 11.1 Å². The Balaban J connectivity index is 1.31. The van der Waals surface area contributed by atoms with E-state index >= 15 is 0 Å². The van der Waals surface area contributed by atoms with Gasteiger partial charge in [-0.3, -0.25) is 9.59 Å². The summed E-state index contributed by atoms with van der Waals surface area (Å²) >= 11 is 0. The van der Waals surface area contributed by atoms with E-state index in [2.05, 4.69) is 30.6 Å². The molecule has 14 heteroatoms. The lowest BCUT2D eigenvalue weighted by atomic mass is 9.81. The number of amides is 3. The lowest BCUT2D eigenvalue weighted by molar-refractivity contribution is -0.130. The molecular weight excluding hydrogens is 648 g/mol. The maximum Gasteiger partial charge on any atom is 0.404 e. The topological polar surface area (TPSA) is 202 Å². The predicted molar refractivity (Wildman–Crippen MR) is 187 cm³/mol. The third-order valence-electron chi connectivity index (χ3n) is 8.78. The van der Waals surface area contributed by atoms with E-state index in [1.807, 2.05) is 31.2 Å². The van der Waals surface area contributed by atoms with Gasteiger partial charge in [0.25, 0.3) is 0 Å². The molecule has 1 aromatic heterocycles. The third-order valence-corrected chi connectivity index (χ3v) is 10.4. The lowest BCUT2D eigenvalue weighted by Gasteiger charge is -2.29. The summed E-state index contributed by atoms with van der Waals surface area (Å²) in [5.41, 5.74) is 4.55. The summed E-state index contributed by atoms with van der Waals surface area (Å²) in [7, 11) is -3.63. The fourth-order valence-electron chi connectivity index (χ4n) is 6.26. The first-order valence-electron chi connectivity index (χ1n) is 16.3. The molecule has 0 spiro atoms. The van der Waals surface area contributed by atoms with Crippen LogP contribution in [-0.4, -0.2) is 60.0 Å². The van der Waals surface area contributed by atoms with Gasteiger partial charge in [0, 0.05) is 30.6 Å². The molecule has 0 unspecified atom stereocenters. The summed E-state index contributed by atoms with van der Waals surface area (Å²) < 4.78 is 27.9. The number of imidazole rings is 1. The Hall–Kier alpha value is -4.95. The van der Waals surface area contributed by atoms with E-state index in [1.165, 1.54) is 0 Å². The predicted octanol–water partition coefficient (Wildman–Crippen LogP) is 4.26. The quantitative estimate of drug-likeness (QED) is 0.115. The molecule has 0 aliphatic heterocycles. The van der Waals surface area contributed by atoms with Crippen molar-refractivity contribution in [2.45, 2.75) is 69.9 Å². The number of sulfonamides is 1. The molecule has 3 aromatic carbocycles. The molecule has 260 valence electrons. The van der Waals surface area contributed by atoms with Crippen LogP contribution in [-0.2, 0) is 26.0 Å². The normalized spacial score (nSPS) is 17.1. The number of nitrogens with one attached hydrogen (secondary N) is 6. The van der Waals surface area contributed by atoms with E-state index in [4.69, 9.17) is 5.11 Å². The Morgan fingerprint density at radius 3 is 2.27 bits per heavy atom. The van der Waals surface area contributed by atoms with Crippen LogP contribution in [0.1, 0.15) is 50.7 Å². The molecule has 49 heavy (non-hydrogen) atoms. The van der Waals surface area contributed by atoms with Crippen LogP contribution in [0, 0.1) is 18.8 Å². The molecule has 1 saturated carbocycles. The largest absolute Gasteiger partial charge is 0.465 e. The van der Waals surface area contributed by atoms with Crippen molar-refractivity contribution in [3.63, 3.8) is 0 Å². The molecule has 4 aromatic rings. The number of H-pyrrole nitrogens is 2. The first-order chi connectivity index (χ1) is 23.3. The maximum atomic E-state index is 13.7. The molecule has 0 bridgehead atoms. The van der Waals surface area contributed by atoms with E-state index in [-0.39, 0.29) is 40.8 Å². The number of aryl methyl sites for hydroxylation is 1. The van der Waals surface area contributed by atoms with Crippen molar-refractivity contribution in [2.24, 2.45) is 11.8 Å². The van der Waals surface area contributed by atoms with Crippen molar-refractivity contribution >= 4 is 44.7 Å².